The van der Waals surface area contributed by atoms with Crippen LogP contribution in [0.15, 0.2) is 29.7 Å². The Morgan fingerprint density at radius 1 is 1.48 bits per heavy atom. The van der Waals surface area contributed by atoms with E-state index in [1.807, 2.05) is 6.07 Å². The minimum Gasteiger partial charge on any atom is -0.465 e. The smallest absolute Gasteiger partial charge is 0.316 e. The molecule has 8 heteroatoms. The fourth-order valence-corrected chi connectivity index (χ4v) is 2.49. The summed E-state index contributed by atoms with van der Waals surface area (Å²) >= 11 is 1.23. The van der Waals surface area contributed by atoms with Crippen LogP contribution in [0.5, 0.6) is 0 Å². The molecule has 2 rings (SSSR count). The molecule has 0 saturated carbocycles. The molecule has 0 bridgehead atoms. The number of aliphatic hydroxyl groups excluding tert-OH is 1. The second-order valence-electron chi connectivity index (χ2n) is 4.02. The number of rotatable bonds is 7. The van der Waals surface area contributed by atoms with Crippen molar-refractivity contribution in [1.82, 2.24) is 19.7 Å². The van der Waals surface area contributed by atoms with Gasteiger partial charge in [0.05, 0.1) is 19.0 Å². The molecule has 0 atom stereocenters. The fraction of sp³-hybridized carbons (Fsp3) is 0.385. The maximum atomic E-state index is 11.4. The minimum absolute atomic E-state index is 0.0434. The molecule has 0 aliphatic heterocycles. The molecule has 0 fully saturated rings. The molecule has 0 aliphatic carbocycles. The number of ether oxygens (including phenoxy) is 1. The molecule has 2 aromatic rings. The van der Waals surface area contributed by atoms with Crippen LogP contribution in [0.4, 0.5) is 0 Å². The van der Waals surface area contributed by atoms with Gasteiger partial charge >= 0.3 is 5.97 Å². The molecule has 21 heavy (non-hydrogen) atoms. The van der Waals surface area contributed by atoms with Gasteiger partial charge in [0.15, 0.2) is 11.0 Å². The molecule has 0 saturated heterocycles. The van der Waals surface area contributed by atoms with Crippen LogP contribution in [-0.2, 0) is 16.1 Å². The van der Waals surface area contributed by atoms with Crippen molar-refractivity contribution in [3.63, 3.8) is 0 Å². The van der Waals surface area contributed by atoms with E-state index >= 15 is 0 Å². The number of esters is 1. The van der Waals surface area contributed by atoms with Crippen molar-refractivity contribution in [3.05, 3.63) is 24.5 Å². The van der Waals surface area contributed by atoms with Gasteiger partial charge in [-0.3, -0.25) is 14.3 Å². The van der Waals surface area contributed by atoms with Crippen LogP contribution in [0, 0.1) is 0 Å². The first-order valence-electron chi connectivity index (χ1n) is 6.49. The summed E-state index contributed by atoms with van der Waals surface area (Å²) in [7, 11) is 0. The van der Waals surface area contributed by atoms with E-state index in [-0.39, 0.29) is 18.3 Å². The first-order chi connectivity index (χ1) is 10.3. The summed E-state index contributed by atoms with van der Waals surface area (Å²) in [5.74, 6) is 0.470. The van der Waals surface area contributed by atoms with Gasteiger partial charge in [0.25, 0.3) is 0 Å². The van der Waals surface area contributed by atoms with Crippen molar-refractivity contribution in [2.24, 2.45) is 0 Å². The summed E-state index contributed by atoms with van der Waals surface area (Å²) in [6.45, 7) is 2.42. The highest BCUT2D eigenvalue weighted by atomic mass is 32.2. The van der Waals surface area contributed by atoms with Gasteiger partial charge in [0.1, 0.15) is 0 Å². The molecule has 0 aliphatic rings. The lowest BCUT2D eigenvalue weighted by atomic mass is 10.3. The van der Waals surface area contributed by atoms with E-state index in [4.69, 9.17) is 4.74 Å². The largest absolute Gasteiger partial charge is 0.465 e. The van der Waals surface area contributed by atoms with E-state index in [1.165, 1.54) is 11.8 Å². The maximum absolute atomic E-state index is 11.4. The number of carbonyl (C=O) groups excluding carboxylic acids is 1. The average molecular weight is 308 g/mol. The summed E-state index contributed by atoms with van der Waals surface area (Å²) in [5, 5.41) is 18.0. The molecule has 7 nitrogen and oxygen atoms in total. The van der Waals surface area contributed by atoms with Crippen LogP contribution in [-0.4, -0.2) is 49.8 Å². The first kappa shape index (κ1) is 15.5. The SMILES string of the molecule is CCOC(=O)CSc1nnc(-c2cccnc2)n1CCO. The van der Waals surface area contributed by atoms with E-state index in [0.29, 0.717) is 24.1 Å². The predicted molar refractivity (Wildman–Crippen MR) is 77.7 cm³/mol. The van der Waals surface area contributed by atoms with Crippen LogP contribution in [0.2, 0.25) is 0 Å². The molecule has 1 N–H and O–H groups in total. The Morgan fingerprint density at radius 2 is 2.33 bits per heavy atom. The molecule has 0 aromatic carbocycles. The first-order valence-corrected chi connectivity index (χ1v) is 7.47. The molecule has 0 radical (unpaired) electrons. The van der Waals surface area contributed by atoms with E-state index in [9.17, 15) is 9.90 Å². The topological polar surface area (TPSA) is 90.1 Å². The van der Waals surface area contributed by atoms with Gasteiger partial charge in [-0.05, 0) is 19.1 Å². The van der Waals surface area contributed by atoms with Crippen molar-refractivity contribution < 1.29 is 14.6 Å². The number of nitrogens with zero attached hydrogens (tertiary/aromatic N) is 4. The summed E-state index contributed by atoms with van der Waals surface area (Å²) < 4.78 is 6.64. The van der Waals surface area contributed by atoms with Crippen molar-refractivity contribution >= 4 is 17.7 Å². The monoisotopic (exact) mass is 308 g/mol. The Morgan fingerprint density at radius 3 is 3.00 bits per heavy atom. The summed E-state index contributed by atoms with van der Waals surface area (Å²) in [4.78, 5) is 15.4. The zero-order valence-electron chi connectivity index (χ0n) is 11.6. The molecule has 0 unspecified atom stereocenters. The quantitative estimate of drug-likeness (QED) is 0.602. The van der Waals surface area contributed by atoms with Gasteiger partial charge in [-0.2, -0.15) is 0 Å². The second-order valence-corrected chi connectivity index (χ2v) is 4.96. The Hall–Kier alpha value is -1.93. The number of aliphatic hydroxyl groups is 1. The lowest BCUT2D eigenvalue weighted by molar-refractivity contribution is -0.139. The van der Waals surface area contributed by atoms with Crippen LogP contribution >= 0.6 is 11.8 Å². The van der Waals surface area contributed by atoms with Crippen molar-refractivity contribution in [3.8, 4) is 11.4 Å². The van der Waals surface area contributed by atoms with Crippen molar-refractivity contribution in [2.75, 3.05) is 19.0 Å². The van der Waals surface area contributed by atoms with Crippen LogP contribution in [0.3, 0.4) is 0 Å². The molecular weight excluding hydrogens is 292 g/mol. The lowest BCUT2D eigenvalue weighted by Gasteiger charge is -2.08. The van der Waals surface area contributed by atoms with Gasteiger partial charge in [-0.1, -0.05) is 11.8 Å². The predicted octanol–water partition coefficient (Wildman–Crippen LogP) is 0.988. The molecule has 2 heterocycles. The number of hydrogen-bond acceptors (Lipinski definition) is 7. The molecule has 0 spiro atoms. The maximum Gasteiger partial charge on any atom is 0.316 e. The van der Waals surface area contributed by atoms with Gasteiger partial charge in [0.2, 0.25) is 0 Å². The van der Waals surface area contributed by atoms with Crippen molar-refractivity contribution in [1.29, 1.82) is 0 Å². The Balaban J connectivity index is 2.19. The Bertz CT molecular complexity index is 588. The standard InChI is InChI=1S/C13H16N4O3S/c1-2-20-11(19)9-21-13-16-15-12(17(13)6-7-18)10-4-3-5-14-8-10/h3-5,8,18H,2,6-7,9H2,1H3. The highest BCUT2D eigenvalue weighted by molar-refractivity contribution is 7.99. The zero-order chi connectivity index (χ0) is 15.1. The highest BCUT2D eigenvalue weighted by Crippen LogP contribution is 2.23. The molecule has 0 amide bonds. The normalized spacial score (nSPS) is 10.6. The van der Waals surface area contributed by atoms with Gasteiger partial charge in [0, 0.05) is 24.5 Å². The second kappa shape index (κ2) is 7.75. The number of aromatic nitrogens is 4. The lowest BCUT2D eigenvalue weighted by Crippen LogP contribution is -2.09. The molecular formula is C13H16N4O3S. The van der Waals surface area contributed by atoms with Gasteiger partial charge in [-0.15, -0.1) is 10.2 Å². The van der Waals surface area contributed by atoms with Crippen LogP contribution < -0.4 is 0 Å². The highest BCUT2D eigenvalue weighted by Gasteiger charge is 2.15. The van der Waals surface area contributed by atoms with E-state index in [1.54, 1.807) is 30.0 Å². The average Bonchev–Trinajstić information content (AvgIpc) is 2.90. The zero-order valence-corrected chi connectivity index (χ0v) is 12.4. The summed E-state index contributed by atoms with van der Waals surface area (Å²) in [5.41, 5.74) is 0.807. The molecule has 112 valence electrons. The van der Waals surface area contributed by atoms with E-state index < -0.39 is 0 Å². The Labute approximate surface area is 126 Å². The number of hydrogen-bond donors (Lipinski definition) is 1. The minimum atomic E-state index is -0.302. The van der Waals surface area contributed by atoms with E-state index in [0.717, 1.165) is 5.56 Å². The van der Waals surface area contributed by atoms with Crippen LogP contribution in [0.1, 0.15) is 6.92 Å². The Kier molecular flexibility index (Phi) is 5.70. The van der Waals surface area contributed by atoms with Gasteiger partial charge < -0.3 is 9.84 Å². The number of carbonyl (C=O) groups is 1. The summed E-state index contributed by atoms with van der Waals surface area (Å²) in [6.07, 6.45) is 3.35. The molecule has 2 aromatic heterocycles. The third-order valence-corrected chi connectivity index (χ3v) is 3.52. The number of pyridine rings is 1. The number of thioether (sulfide) groups is 1. The third-order valence-electron chi connectivity index (χ3n) is 2.58. The fourth-order valence-electron chi connectivity index (χ4n) is 1.73. The van der Waals surface area contributed by atoms with E-state index in [2.05, 4.69) is 15.2 Å². The van der Waals surface area contributed by atoms with Crippen LogP contribution in [0.25, 0.3) is 11.4 Å². The third kappa shape index (κ3) is 4.02. The summed E-state index contributed by atoms with van der Waals surface area (Å²) in [6, 6.07) is 3.67. The van der Waals surface area contributed by atoms with Gasteiger partial charge in [-0.25, -0.2) is 0 Å². The van der Waals surface area contributed by atoms with Crippen molar-refractivity contribution in [2.45, 2.75) is 18.6 Å².